The quantitative estimate of drug-likeness (QED) is 0.153. The maximum absolute atomic E-state index is 12.3. The third-order valence-corrected chi connectivity index (χ3v) is 17.8. The van der Waals surface area contributed by atoms with Gasteiger partial charge in [-0.25, -0.2) is 0 Å². The molecule has 5 aliphatic carbocycles. The van der Waals surface area contributed by atoms with Crippen LogP contribution in [0.5, 0.6) is 0 Å². The lowest BCUT2D eigenvalue weighted by Gasteiger charge is -2.65. The predicted octanol–water partition coefficient (Wildman–Crippen LogP) is 2.50. The molecule has 8 rings (SSSR count). The van der Waals surface area contributed by atoms with Crippen molar-refractivity contribution in [1.82, 2.24) is 0 Å². The minimum absolute atomic E-state index is 0.0659. The van der Waals surface area contributed by atoms with Crippen molar-refractivity contribution in [1.29, 1.82) is 0 Å². The molecule has 0 radical (unpaired) electrons. The summed E-state index contributed by atoms with van der Waals surface area (Å²) < 4.78 is 43.5. The van der Waals surface area contributed by atoms with Crippen molar-refractivity contribution in [3.8, 4) is 0 Å². The Bertz CT molecular complexity index is 1630. The molecule has 2 spiro atoms. The lowest BCUT2D eigenvalue weighted by Crippen LogP contribution is -2.65. The molecular weight excluding hydrogens is 768 g/mol. The van der Waals surface area contributed by atoms with Crippen LogP contribution in [-0.2, 0) is 42.7 Å². The first-order chi connectivity index (χ1) is 27.3. The van der Waals surface area contributed by atoms with Gasteiger partial charge >= 0.3 is 11.9 Å². The minimum atomic E-state index is -1.49. The van der Waals surface area contributed by atoms with Gasteiger partial charge in [0.05, 0.1) is 48.8 Å². The first-order valence-corrected chi connectivity index (χ1v) is 22.0. The summed E-state index contributed by atoms with van der Waals surface area (Å²) >= 11 is 0. The zero-order valence-corrected chi connectivity index (χ0v) is 36.3. The fourth-order valence-corrected chi connectivity index (χ4v) is 15.2. The van der Waals surface area contributed by atoms with E-state index in [2.05, 4.69) is 34.6 Å². The summed E-state index contributed by atoms with van der Waals surface area (Å²) in [5.41, 5.74) is -3.16. The highest BCUT2D eigenvalue weighted by atomic mass is 16.7. The number of ether oxygens (including phenoxy) is 7. The van der Waals surface area contributed by atoms with Crippen LogP contribution in [0.2, 0.25) is 0 Å². The highest BCUT2D eigenvalue weighted by Crippen LogP contribution is 2.89. The van der Waals surface area contributed by atoms with Crippen molar-refractivity contribution in [2.24, 2.45) is 44.8 Å². The van der Waals surface area contributed by atoms with Crippen molar-refractivity contribution in [3.63, 3.8) is 0 Å². The molecule has 3 saturated heterocycles. The van der Waals surface area contributed by atoms with Crippen LogP contribution in [0.4, 0.5) is 0 Å². The number of aliphatic hydroxyl groups excluding tert-OH is 5. The van der Waals surface area contributed by atoms with E-state index >= 15 is 0 Å². The molecule has 0 bridgehead atoms. The number of esters is 2. The summed E-state index contributed by atoms with van der Waals surface area (Å²) in [4.78, 5) is 24.4. The number of aliphatic hydroxyl groups is 6. The van der Waals surface area contributed by atoms with E-state index < -0.39 is 96.1 Å². The number of hydrogen-bond acceptors (Lipinski definition) is 15. The molecule has 6 N–H and O–H groups in total. The zero-order valence-electron chi connectivity index (χ0n) is 36.3. The summed E-state index contributed by atoms with van der Waals surface area (Å²) in [5.74, 6) is -1.47. The molecular formula is C44H70O15. The van der Waals surface area contributed by atoms with Gasteiger partial charge in [-0.15, -0.1) is 0 Å². The van der Waals surface area contributed by atoms with Gasteiger partial charge < -0.3 is 63.8 Å². The molecule has 8 aliphatic rings. The maximum atomic E-state index is 12.3. The molecule has 0 aromatic rings. The van der Waals surface area contributed by atoms with E-state index in [1.807, 2.05) is 0 Å². The molecule has 9 unspecified atom stereocenters. The summed E-state index contributed by atoms with van der Waals surface area (Å²) in [6.07, 6.45) is -5.24. The Morgan fingerprint density at radius 2 is 1.34 bits per heavy atom. The van der Waals surface area contributed by atoms with Crippen LogP contribution in [0.25, 0.3) is 0 Å². The van der Waals surface area contributed by atoms with Crippen molar-refractivity contribution in [2.45, 2.75) is 205 Å². The predicted molar refractivity (Wildman–Crippen MR) is 207 cm³/mol. The molecule has 15 nitrogen and oxygen atoms in total. The lowest BCUT2D eigenvalue weighted by molar-refractivity contribution is -0.327. The number of fused-ring (bicyclic) bond motifs is 2. The third-order valence-electron chi connectivity index (χ3n) is 17.8. The molecule has 3 aliphatic heterocycles. The highest BCUT2D eigenvalue weighted by molar-refractivity contribution is 5.67. The molecule has 336 valence electrons. The molecule has 8 fully saturated rings. The van der Waals surface area contributed by atoms with Gasteiger partial charge in [0.1, 0.15) is 24.4 Å². The first-order valence-electron chi connectivity index (χ1n) is 22.0. The van der Waals surface area contributed by atoms with Crippen molar-refractivity contribution < 1.29 is 73.4 Å². The van der Waals surface area contributed by atoms with E-state index in [0.717, 1.165) is 32.1 Å². The molecule has 0 amide bonds. The topological polar surface area (TPSA) is 220 Å². The zero-order chi connectivity index (χ0) is 43.0. The average molecular weight is 839 g/mol. The SMILES string of the molecule is CC(=O)OC1C(OC(C)=O)[C@H](O)CO[C@@H]1OC1CC[C@]23C[C@]24CC[C@]2(C)C(C5(C)CC[C@H](C(C)(C)O)O5)[C@@H](O)C[C@@]2(C)C4C[C@H](O[C@H]2OC[C@H](O)C(O)C2O)C3C1(C)C. The Balaban J connectivity index is 1.13. The summed E-state index contributed by atoms with van der Waals surface area (Å²) in [6, 6.07) is 0. The maximum Gasteiger partial charge on any atom is 0.303 e. The summed E-state index contributed by atoms with van der Waals surface area (Å²) in [6.45, 7) is 16.7. The standard InChI is InChI=1S/C44H70O15/c1-21(45)55-32-25(49)19-54-37(33(32)56-22(2)46)58-28-11-13-44-20-43(44)15-14-40(7)34(42(9)12-10-29(59-42)39(5,6)52)23(47)17-41(40,8)27(43)16-26(35(44)38(28,3)4)57-36-31(51)30(50)24(48)18-53-36/h23-37,47-52H,10-20H2,1-9H3/t23-,24-,25+,26-,27?,28?,29+,30?,31?,32?,33?,34?,35?,36+,37+,40+,41-,42?,43-,44+/m0/s1. The molecule has 0 aromatic heterocycles. The van der Waals surface area contributed by atoms with Crippen LogP contribution in [-0.4, -0.2) is 141 Å². The van der Waals surface area contributed by atoms with Gasteiger partial charge in [-0.05, 0) is 117 Å². The van der Waals surface area contributed by atoms with Gasteiger partial charge in [0, 0.05) is 19.8 Å². The van der Waals surface area contributed by atoms with Crippen LogP contribution in [0.1, 0.15) is 120 Å². The highest BCUT2D eigenvalue weighted by Gasteiger charge is 2.85. The third kappa shape index (κ3) is 6.60. The van der Waals surface area contributed by atoms with Gasteiger partial charge in [0.2, 0.25) is 0 Å². The van der Waals surface area contributed by atoms with E-state index in [0.29, 0.717) is 25.7 Å². The molecule has 59 heavy (non-hydrogen) atoms. The van der Waals surface area contributed by atoms with E-state index in [1.54, 1.807) is 13.8 Å². The minimum Gasteiger partial charge on any atom is -0.455 e. The second kappa shape index (κ2) is 14.5. The van der Waals surface area contributed by atoms with Crippen molar-refractivity contribution in [2.75, 3.05) is 13.2 Å². The monoisotopic (exact) mass is 838 g/mol. The van der Waals surface area contributed by atoms with Crippen LogP contribution < -0.4 is 0 Å². The molecule has 3 heterocycles. The van der Waals surface area contributed by atoms with Gasteiger partial charge in [-0.2, -0.15) is 0 Å². The van der Waals surface area contributed by atoms with Crippen LogP contribution in [0.15, 0.2) is 0 Å². The first kappa shape index (κ1) is 44.1. The largest absolute Gasteiger partial charge is 0.455 e. The molecule has 20 atom stereocenters. The van der Waals surface area contributed by atoms with E-state index in [-0.39, 0.29) is 58.7 Å². The Hall–Kier alpha value is -1.50. The Morgan fingerprint density at radius 3 is 1.98 bits per heavy atom. The fourth-order valence-electron chi connectivity index (χ4n) is 15.2. The van der Waals surface area contributed by atoms with Crippen molar-refractivity contribution >= 4 is 11.9 Å². The molecule has 5 saturated carbocycles. The Morgan fingerprint density at radius 1 is 0.695 bits per heavy atom. The van der Waals surface area contributed by atoms with Crippen LogP contribution in [0.3, 0.4) is 0 Å². The van der Waals surface area contributed by atoms with Gasteiger partial charge in [0.15, 0.2) is 24.8 Å². The smallest absolute Gasteiger partial charge is 0.303 e. The van der Waals surface area contributed by atoms with Crippen LogP contribution >= 0.6 is 0 Å². The summed E-state index contributed by atoms with van der Waals surface area (Å²) in [5, 5.41) is 66.3. The fraction of sp³-hybridized carbons (Fsp3) is 0.955. The van der Waals surface area contributed by atoms with Crippen LogP contribution in [0, 0.1) is 44.8 Å². The normalized spacial score (nSPS) is 54.0. The van der Waals surface area contributed by atoms with Gasteiger partial charge in [0.25, 0.3) is 0 Å². The van der Waals surface area contributed by atoms with E-state index in [4.69, 9.17) is 33.2 Å². The van der Waals surface area contributed by atoms with Gasteiger partial charge in [-0.1, -0.05) is 27.7 Å². The second-order valence-corrected chi connectivity index (χ2v) is 21.8. The average Bonchev–Trinajstić information content (AvgIpc) is 3.49. The number of hydrogen-bond donors (Lipinski definition) is 6. The van der Waals surface area contributed by atoms with E-state index in [9.17, 15) is 40.2 Å². The molecule has 15 heteroatoms. The Labute approximate surface area is 347 Å². The lowest BCUT2D eigenvalue weighted by atomic mass is 9.41. The molecule has 0 aromatic carbocycles. The number of rotatable bonds is 8. The van der Waals surface area contributed by atoms with E-state index in [1.165, 1.54) is 13.8 Å². The summed E-state index contributed by atoms with van der Waals surface area (Å²) in [7, 11) is 0. The number of carbonyl (C=O) groups excluding carboxylic acids is 2. The van der Waals surface area contributed by atoms with Gasteiger partial charge in [-0.3, -0.25) is 9.59 Å². The Kier molecular flexibility index (Phi) is 10.9. The number of carbonyl (C=O) groups is 2. The second-order valence-electron chi connectivity index (χ2n) is 21.8. The van der Waals surface area contributed by atoms with Crippen molar-refractivity contribution in [3.05, 3.63) is 0 Å².